The van der Waals surface area contributed by atoms with Gasteiger partial charge >= 0.3 is 0 Å². The maximum absolute atomic E-state index is 13.2. The highest BCUT2D eigenvalue weighted by Crippen LogP contribution is 2.38. The van der Waals surface area contributed by atoms with Crippen molar-refractivity contribution in [3.63, 3.8) is 0 Å². The van der Waals surface area contributed by atoms with Crippen LogP contribution >= 0.6 is 22.9 Å². The number of fused-ring (bicyclic) bond motifs is 1. The first-order valence-corrected chi connectivity index (χ1v) is 11.0. The van der Waals surface area contributed by atoms with Gasteiger partial charge in [-0.05, 0) is 67.6 Å². The molecular formula is C23H21ClN2O3S. The zero-order valence-electron chi connectivity index (χ0n) is 16.2. The van der Waals surface area contributed by atoms with Crippen LogP contribution in [0.2, 0.25) is 5.02 Å². The molecule has 3 N–H and O–H groups in total. The summed E-state index contributed by atoms with van der Waals surface area (Å²) in [5.74, 6) is -0.624. The Bertz CT molecular complexity index is 1090. The fourth-order valence-corrected chi connectivity index (χ4v) is 5.02. The molecule has 3 aromatic rings. The Morgan fingerprint density at radius 2 is 1.63 bits per heavy atom. The lowest BCUT2D eigenvalue weighted by molar-refractivity contribution is 0.102. The SMILES string of the molecule is O=C(Nc1sc2c(c1C(=O)Nc1ccccc1O)CCCCC2)c1ccc(Cl)cc1. The lowest BCUT2D eigenvalue weighted by Gasteiger charge is -2.11. The summed E-state index contributed by atoms with van der Waals surface area (Å²) >= 11 is 7.38. The largest absolute Gasteiger partial charge is 0.506 e. The molecule has 1 heterocycles. The molecule has 0 fully saturated rings. The Morgan fingerprint density at radius 3 is 2.40 bits per heavy atom. The van der Waals surface area contributed by atoms with Crippen molar-refractivity contribution in [1.82, 2.24) is 0 Å². The number of para-hydroxylation sites is 2. The topological polar surface area (TPSA) is 78.4 Å². The summed E-state index contributed by atoms with van der Waals surface area (Å²) in [6.07, 6.45) is 4.89. The number of aryl methyl sites for hydroxylation is 1. The average molecular weight is 441 g/mol. The number of aromatic hydroxyl groups is 1. The minimum atomic E-state index is -0.331. The minimum Gasteiger partial charge on any atom is -0.506 e. The van der Waals surface area contributed by atoms with Gasteiger partial charge in [0, 0.05) is 15.5 Å². The van der Waals surface area contributed by atoms with E-state index in [1.807, 2.05) is 0 Å². The molecule has 4 rings (SSSR count). The normalized spacial score (nSPS) is 13.2. The molecule has 1 aliphatic rings. The van der Waals surface area contributed by atoms with Crippen LogP contribution in [0.25, 0.3) is 0 Å². The number of carbonyl (C=O) groups excluding carboxylic acids is 2. The number of nitrogens with one attached hydrogen (secondary N) is 2. The smallest absolute Gasteiger partial charge is 0.259 e. The van der Waals surface area contributed by atoms with E-state index in [2.05, 4.69) is 10.6 Å². The van der Waals surface area contributed by atoms with E-state index in [9.17, 15) is 14.7 Å². The maximum Gasteiger partial charge on any atom is 0.259 e. The zero-order valence-corrected chi connectivity index (χ0v) is 17.8. The Labute approximate surface area is 183 Å². The molecule has 5 nitrogen and oxygen atoms in total. The second-order valence-electron chi connectivity index (χ2n) is 7.20. The molecule has 7 heteroatoms. The number of carbonyl (C=O) groups is 2. The van der Waals surface area contributed by atoms with E-state index in [1.165, 1.54) is 17.4 Å². The number of benzene rings is 2. The van der Waals surface area contributed by atoms with Gasteiger partial charge in [-0.25, -0.2) is 0 Å². The van der Waals surface area contributed by atoms with Gasteiger partial charge in [-0.3, -0.25) is 9.59 Å². The van der Waals surface area contributed by atoms with Gasteiger partial charge in [-0.15, -0.1) is 11.3 Å². The van der Waals surface area contributed by atoms with Crippen molar-refractivity contribution in [2.75, 3.05) is 10.6 Å². The molecule has 154 valence electrons. The summed E-state index contributed by atoms with van der Waals surface area (Å²) < 4.78 is 0. The third kappa shape index (κ3) is 4.35. The van der Waals surface area contributed by atoms with Crippen LogP contribution in [0, 0.1) is 0 Å². The lowest BCUT2D eigenvalue weighted by atomic mass is 10.0. The Hall–Kier alpha value is -2.83. The highest BCUT2D eigenvalue weighted by atomic mass is 35.5. The summed E-state index contributed by atoms with van der Waals surface area (Å²) in [5, 5.41) is 16.8. The molecule has 30 heavy (non-hydrogen) atoms. The lowest BCUT2D eigenvalue weighted by Crippen LogP contribution is -2.18. The fourth-order valence-electron chi connectivity index (χ4n) is 3.61. The van der Waals surface area contributed by atoms with E-state index in [-0.39, 0.29) is 17.6 Å². The van der Waals surface area contributed by atoms with Crippen molar-refractivity contribution in [3.8, 4) is 5.75 Å². The predicted octanol–water partition coefficient (Wildman–Crippen LogP) is 5.88. The standard InChI is InChI=1S/C23H21ClN2O3S/c24-15-12-10-14(11-13-15)21(28)26-23-20(16-6-2-1-3-9-19(16)30-23)22(29)25-17-7-4-5-8-18(17)27/h4-5,7-8,10-13,27H,1-3,6,9H2,(H,25,29)(H,26,28). The van der Waals surface area contributed by atoms with Crippen LogP contribution < -0.4 is 10.6 Å². The molecule has 0 saturated carbocycles. The van der Waals surface area contributed by atoms with Gasteiger partial charge in [0.05, 0.1) is 11.3 Å². The second kappa shape index (κ2) is 8.90. The van der Waals surface area contributed by atoms with Gasteiger partial charge in [0.2, 0.25) is 0 Å². The van der Waals surface area contributed by atoms with Crippen molar-refractivity contribution in [2.24, 2.45) is 0 Å². The van der Waals surface area contributed by atoms with Crippen LogP contribution in [0.1, 0.15) is 50.4 Å². The van der Waals surface area contributed by atoms with Crippen molar-refractivity contribution in [2.45, 2.75) is 32.1 Å². The van der Waals surface area contributed by atoms with Gasteiger partial charge in [0.15, 0.2) is 0 Å². The first-order chi connectivity index (χ1) is 14.5. The summed E-state index contributed by atoms with van der Waals surface area (Å²) in [7, 11) is 0. The molecule has 0 aliphatic heterocycles. The van der Waals surface area contributed by atoms with Crippen LogP contribution in [0.15, 0.2) is 48.5 Å². The average Bonchev–Trinajstić information content (AvgIpc) is 2.90. The number of hydrogen-bond donors (Lipinski definition) is 3. The van der Waals surface area contributed by atoms with Crippen LogP contribution in [0.3, 0.4) is 0 Å². The summed E-state index contributed by atoms with van der Waals surface area (Å²) in [4.78, 5) is 27.1. The number of phenols is 1. The van der Waals surface area contributed by atoms with Gasteiger partial charge in [0.25, 0.3) is 11.8 Å². The third-order valence-electron chi connectivity index (χ3n) is 5.13. The van der Waals surface area contributed by atoms with E-state index in [1.54, 1.807) is 42.5 Å². The van der Waals surface area contributed by atoms with E-state index in [4.69, 9.17) is 11.6 Å². The van der Waals surface area contributed by atoms with Crippen molar-refractivity contribution in [3.05, 3.63) is 75.1 Å². The molecule has 0 atom stereocenters. The highest BCUT2D eigenvalue weighted by Gasteiger charge is 2.26. The van der Waals surface area contributed by atoms with Crippen molar-refractivity contribution >= 4 is 45.4 Å². The molecule has 2 aromatic carbocycles. The first-order valence-electron chi connectivity index (χ1n) is 9.83. The van der Waals surface area contributed by atoms with E-state index in [0.29, 0.717) is 26.8 Å². The third-order valence-corrected chi connectivity index (χ3v) is 6.59. The molecular weight excluding hydrogens is 420 g/mol. The van der Waals surface area contributed by atoms with Gasteiger partial charge in [-0.2, -0.15) is 0 Å². The van der Waals surface area contributed by atoms with Crippen LogP contribution in [0.5, 0.6) is 5.75 Å². The van der Waals surface area contributed by atoms with Crippen LogP contribution in [-0.4, -0.2) is 16.9 Å². The van der Waals surface area contributed by atoms with Crippen molar-refractivity contribution in [1.29, 1.82) is 0 Å². The number of rotatable bonds is 4. The summed E-state index contributed by atoms with van der Waals surface area (Å²) in [6, 6.07) is 13.2. The molecule has 2 amide bonds. The Morgan fingerprint density at radius 1 is 0.900 bits per heavy atom. The Balaban J connectivity index is 1.67. The molecule has 1 aliphatic carbocycles. The van der Waals surface area contributed by atoms with Crippen LogP contribution in [0.4, 0.5) is 10.7 Å². The van der Waals surface area contributed by atoms with Crippen LogP contribution in [-0.2, 0) is 12.8 Å². The number of thiophene rings is 1. The van der Waals surface area contributed by atoms with E-state index >= 15 is 0 Å². The number of hydrogen-bond acceptors (Lipinski definition) is 4. The summed E-state index contributed by atoms with van der Waals surface area (Å²) in [6.45, 7) is 0. The fraction of sp³-hybridized carbons (Fsp3) is 0.217. The van der Waals surface area contributed by atoms with Gasteiger partial charge in [0.1, 0.15) is 10.8 Å². The molecule has 0 unspecified atom stereocenters. The molecule has 0 saturated heterocycles. The second-order valence-corrected chi connectivity index (χ2v) is 8.74. The van der Waals surface area contributed by atoms with E-state index < -0.39 is 0 Å². The molecule has 0 bridgehead atoms. The monoisotopic (exact) mass is 440 g/mol. The van der Waals surface area contributed by atoms with E-state index in [0.717, 1.165) is 42.5 Å². The Kier molecular flexibility index (Phi) is 6.06. The minimum absolute atomic E-state index is 0.00100. The molecule has 0 spiro atoms. The maximum atomic E-state index is 13.2. The number of anilines is 2. The van der Waals surface area contributed by atoms with Crippen molar-refractivity contribution < 1.29 is 14.7 Å². The molecule has 1 aromatic heterocycles. The summed E-state index contributed by atoms with van der Waals surface area (Å²) in [5.41, 5.74) is 2.29. The predicted molar refractivity (Wildman–Crippen MR) is 121 cm³/mol. The zero-order chi connectivity index (χ0) is 21.1. The first kappa shape index (κ1) is 20.4. The number of amides is 2. The van der Waals surface area contributed by atoms with Gasteiger partial charge in [-0.1, -0.05) is 30.2 Å². The quantitative estimate of drug-likeness (QED) is 0.350. The molecule has 0 radical (unpaired) electrons. The number of halogens is 1. The highest BCUT2D eigenvalue weighted by molar-refractivity contribution is 7.17. The number of phenolic OH excluding ortho intramolecular Hbond substituents is 1. The van der Waals surface area contributed by atoms with Gasteiger partial charge < -0.3 is 15.7 Å².